The van der Waals surface area contributed by atoms with Crippen LogP contribution in [-0.4, -0.2) is 25.1 Å². The van der Waals surface area contributed by atoms with Crippen molar-refractivity contribution in [1.82, 2.24) is 19.2 Å². The Hall–Kier alpha value is -4.26. The first-order chi connectivity index (χ1) is 15.9. The van der Waals surface area contributed by atoms with Gasteiger partial charge in [0.05, 0.1) is 5.52 Å². The Morgan fingerprint density at radius 2 is 1.61 bits per heavy atom. The first kappa shape index (κ1) is 20.6. The number of carbonyl (C=O) groups excluding carboxylic acids is 1. The van der Waals surface area contributed by atoms with Gasteiger partial charge in [0.1, 0.15) is 6.54 Å². The van der Waals surface area contributed by atoms with E-state index in [0.29, 0.717) is 22.7 Å². The van der Waals surface area contributed by atoms with Gasteiger partial charge in [-0.25, -0.2) is 9.78 Å². The number of nitrogens with one attached hydrogen (secondary N) is 1. The molecule has 0 saturated heterocycles. The van der Waals surface area contributed by atoms with Gasteiger partial charge in [-0.15, -0.1) is 5.10 Å². The molecule has 0 bridgehead atoms. The van der Waals surface area contributed by atoms with Crippen LogP contribution in [-0.2, 0) is 11.3 Å². The lowest BCUT2D eigenvalue weighted by Gasteiger charge is -2.12. The fourth-order valence-electron chi connectivity index (χ4n) is 4.10. The van der Waals surface area contributed by atoms with E-state index in [4.69, 9.17) is 0 Å². The third kappa shape index (κ3) is 3.89. The monoisotopic (exact) mass is 437 g/mol. The first-order valence-electron chi connectivity index (χ1n) is 10.7. The summed E-state index contributed by atoms with van der Waals surface area (Å²) < 4.78 is 2.72. The van der Waals surface area contributed by atoms with Gasteiger partial charge in [-0.3, -0.25) is 9.36 Å². The van der Waals surface area contributed by atoms with Crippen molar-refractivity contribution in [2.75, 3.05) is 5.32 Å². The predicted octanol–water partition coefficient (Wildman–Crippen LogP) is 4.28. The molecule has 0 unspecified atom stereocenters. The number of carbonyl (C=O) groups is 1. The lowest BCUT2D eigenvalue weighted by molar-refractivity contribution is -0.116. The maximum atomic E-state index is 13.4. The fraction of sp³-hybridized carbons (Fsp3) is 0.154. The Morgan fingerprint density at radius 3 is 2.33 bits per heavy atom. The number of para-hydroxylation sites is 1. The van der Waals surface area contributed by atoms with E-state index < -0.39 is 5.69 Å². The summed E-state index contributed by atoms with van der Waals surface area (Å²) in [6.07, 6.45) is 0. The minimum Gasteiger partial charge on any atom is -0.325 e. The summed E-state index contributed by atoms with van der Waals surface area (Å²) >= 11 is 0. The van der Waals surface area contributed by atoms with Crippen molar-refractivity contribution in [1.29, 1.82) is 0 Å². The van der Waals surface area contributed by atoms with E-state index in [0.717, 1.165) is 27.6 Å². The molecule has 1 amide bonds. The average Bonchev–Trinajstić information content (AvgIpc) is 3.22. The minimum atomic E-state index is -0.412. The highest BCUT2D eigenvalue weighted by molar-refractivity contribution is 5.95. The SMILES string of the molecule is Cc1ccc(-c2nc3c4ccccc4n(CC(=O)Nc4cc(C)cc(C)c4)c(=O)n3n2)cc1. The minimum absolute atomic E-state index is 0.137. The molecular formula is C26H23N5O2. The number of aryl methyl sites for hydroxylation is 3. The third-order valence-corrected chi connectivity index (χ3v) is 5.57. The molecule has 5 aromatic rings. The summed E-state index contributed by atoms with van der Waals surface area (Å²) in [4.78, 5) is 30.9. The predicted molar refractivity (Wildman–Crippen MR) is 129 cm³/mol. The fourth-order valence-corrected chi connectivity index (χ4v) is 4.10. The van der Waals surface area contributed by atoms with Crippen molar-refractivity contribution < 1.29 is 4.79 Å². The Balaban J connectivity index is 1.59. The van der Waals surface area contributed by atoms with E-state index in [2.05, 4.69) is 15.4 Å². The van der Waals surface area contributed by atoms with Crippen molar-refractivity contribution in [3.05, 3.63) is 93.9 Å². The summed E-state index contributed by atoms with van der Waals surface area (Å²) in [5, 5.41) is 8.13. The largest absolute Gasteiger partial charge is 0.351 e. The molecule has 0 aliphatic carbocycles. The number of rotatable bonds is 4. The van der Waals surface area contributed by atoms with Gasteiger partial charge in [-0.2, -0.15) is 4.52 Å². The maximum absolute atomic E-state index is 13.4. The zero-order valence-corrected chi connectivity index (χ0v) is 18.7. The zero-order valence-electron chi connectivity index (χ0n) is 18.7. The summed E-state index contributed by atoms with van der Waals surface area (Å²) in [6.45, 7) is 5.83. The number of benzene rings is 3. The quantitative estimate of drug-likeness (QED) is 0.455. The van der Waals surface area contributed by atoms with Crippen molar-refractivity contribution in [2.24, 2.45) is 0 Å². The molecule has 3 aromatic carbocycles. The van der Waals surface area contributed by atoms with E-state index in [9.17, 15) is 9.59 Å². The number of hydrogen-bond donors (Lipinski definition) is 1. The number of nitrogens with zero attached hydrogens (tertiary/aromatic N) is 4. The van der Waals surface area contributed by atoms with E-state index in [1.165, 1.54) is 9.08 Å². The van der Waals surface area contributed by atoms with Gasteiger partial charge in [0.15, 0.2) is 11.5 Å². The number of hydrogen-bond acceptors (Lipinski definition) is 4. The van der Waals surface area contributed by atoms with Gasteiger partial charge in [0.2, 0.25) is 5.91 Å². The van der Waals surface area contributed by atoms with Crippen LogP contribution in [0.1, 0.15) is 16.7 Å². The molecular weight excluding hydrogens is 414 g/mol. The van der Waals surface area contributed by atoms with Crippen LogP contribution >= 0.6 is 0 Å². The van der Waals surface area contributed by atoms with Crippen LogP contribution in [0.15, 0.2) is 71.5 Å². The zero-order chi connectivity index (χ0) is 23.1. The van der Waals surface area contributed by atoms with E-state index in [1.54, 1.807) is 0 Å². The Kier molecular flexibility index (Phi) is 5.01. The van der Waals surface area contributed by atoms with Crippen molar-refractivity contribution in [2.45, 2.75) is 27.3 Å². The smallest absolute Gasteiger partial charge is 0.325 e. The first-order valence-corrected chi connectivity index (χ1v) is 10.7. The molecule has 2 aromatic heterocycles. The molecule has 2 heterocycles. The number of aromatic nitrogens is 4. The van der Waals surface area contributed by atoms with Crippen LogP contribution in [0.4, 0.5) is 5.69 Å². The highest BCUT2D eigenvalue weighted by atomic mass is 16.2. The van der Waals surface area contributed by atoms with Gasteiger partial charge in [0.25, 0.3) is 0 Å². The van der Waals surface area contributed by atoms with Crippen LogP contribution < -0.4 is 11.0 Å². The molecule has 0 atom stereocenters. The maximum Gasteiger partial charge on any atom is 0.351 e. The van der Waals surface area contributed by atoms with E-state index in [-0.39, 0.29) is 12.5 Å². The molecule has 5 rings (SSSR count). The summed E-state index contributed by atoms with van der Waals surface area (Å²) in [6, 6.07) is 21.1. The van der Waals surface area contributed by atoms with Crippen molar-refractivity contribution in [3.63, 3.8) is 0 Å². The molecule has 0 aliphatic heterocycles. The van der Waals surface area contributed by atoms with E-state index >= 15 is 0 Å². The second-order valence-corrected chi connectivity index (χ2v) is 8.35. The highest BCUT2D eigenvalue weighted by Gasteiger charge is 2.17. The van der Waals surface area contributed by atoms with Crippen LogP contribution in [0.5, 0.6) is 0 Å². The lowest BCUT2D eigenvalue weighted by atomic mass is 10.1. The van der Waals surface area contributed by atoms with Gasteiger partial charge in [-0.1, -0.05) is 48.0 Å². The van der Waals surface area contributed by atoms with Crippen LogP contribution in [0, 0.1) is 20.8 Å². The van der Waals surface area contributed by atoms with Gasteiger partial charge >= 0.3 is 5.69 Å². The normalized spacial score (nSPS) is 11.2. The second kappa shape index (κ2) is 8.02. The molecule has 33 heavy (non-hydrogen) atoms. The third-order valence-electron chi connectivity index (χ3n) is 5.57. The number of fused-ring (bicyclic) bond motifs is 3. The Morgan fingerprint density at radius 1 is 0.909 bits per heavy atom. The Labute approximate surface area is 190 Å². The number of anilines is 1. The Bertz CT molecular complexity index is 1560. The standard InChI is InChI=1S/C26H23N5O2/c1-16-8-10-19(11-9-16)24-28-25-21-6-4-5-7-22(21)30(26(33)31(25)29-24)15-23(32)27-20-13-17(2)12-18(3)14-20/h4-14H,15H2,1-3H3,(H,27,32). The molecule has 7 heteroatoms. The average molecular weight is 438 g/mol. The summed E-state index contributed by atoms with van der Waals surface area (Å²) in [7, 11) is 0. The van der Waals surface area contributed by atoms with Gasteiger partial charge < -0.3 is 5.32 Å². The highest BCUT2D eigenvalue weighted by Crippen LogP contribution is 2.21. The molecule has 0 saturated carbocycles. The molecule has 0 spiro atoms. The molecule has 0 fully saturated rings. The molecule has 0 aliphatic rings. The van der Waals surface area contributed by atoms with Gasteiger partial charge in [0, 0.05) is 16.6 Å². The van der Waals surface area contributed by atoms with Crippen molar-refractivity contribution in [3.8, 4) is 11.4 Å². The molecule has 7 nitrogen and oxygen atoms in total. The molecule has 1 N–H and O–H groups in total. The summed E-state index contributed by atoms with van der Waals surface area (Å²) in [5.74, 6) is 0.181. The summed E-state index contributed by atoms with van der Waals surface area (Å²) in [5.41, 5.74) is 5.47. The van der Waals surface area contributed by atoms with Gasteiger partial charge in [-0.05, 0) is 56.2 Å². The van der Waals surface area contributed by atoms with E-state index in [1.807, 2.05) is 87.5 Å². The van der Waals surface area contributed by atoms with Crippen LogP contribution in [0.2, 0.25) is 0 Å². The van der Waals surface area contributed by atoms with Crippen molar-refractivity contribution >= 4 is 28.1 Å². The molecule has 164 valence electrons. The topological polar surface area (TPSA) is 81.3 Å². The second-order valence-electron chi connectivity index (χ2n) is 8.35. The number of amides is 1. The molecule has 0 radical (unpaired) electrons. The lowest BCUT2D eigenvalue weighted by Crippen LogP contribution is -2.32. The van der Waals surface area contributed by atoms with Crippen LogP contribution in [0.3, 0.4) is 0 Å². The van der Waals surface area contributed by atoms with Crippen LogP contribution in [0.25, 0.3) is 27.9 Å².